The Kier molecular flexibility index (Phi) is 5.29. The molecule has 1 N–H and O–H groups in total. The molecule has 0 bridgehead atoms. The van der Waals surface area contributed by atoms with Crippen LogP contribution in [0.15, 0.2) is 47.4 Å². The normalized spacial score (nSPS) is 18.9. The summed E-state index contributed by atoms with van der Waals surface area (Å²) in [6.07, 6.45) is 1.88. The smallest absolute Gasteiger partial charge is 0.263 e. The topological polar surface area (TPSA) is 53.4 Å². The number of carbonyl (C=O) groups is 1. The molecule has 3 aromatic rings. The number of piperazine rings is 1. The number of aryl methyl sites for hydroxylation is 1. The van der Waals surface area contributed by atoms with Crippen molar-refractivity contribution in [2.45, 2.75) is 6.92 Å². The molecular formula is C23H23N5OS2. The first kappa shape index (κ1) is 20.2. The third-order valence-corrected chi connectivity index (χ3v) is 6.93. The maximum absolute atomic E-state index is 12.0. The van der Waals surface area contributed by atoms with Crippen LogP contribution in [0.4, 0.5) is 5.69 Å². The third kappa shape index (κ3) is 3.98. The minimum Gasteiger partial charge on any atom is -0.369 e. The number of imidazole rings is 1. The van der Waals surface area contributed by atoms with Crippen LogP contribution in [0.2, 0.25) is 0 Å². The third-order valence-electron chi connectivity index (χ3n) is 5.76. The Morgan fingerprint density at radius 1 is 1.06 bits per heavy atom. The van der Waals surface area contributed by atoms with E-state index in [1.807, 2.05) is 25.1 Å². The highest BCUT2D eigenvalue weighted by atomic mass is 32.2. The predicted molar refractivity (Wildman–Crippen MR) is 132 cm³/mol. The number of fused-ring (bicyclic) bond motifs is 1. The van der Waals surface area contributed by atoms with Crippen LogP contribution >= 0.6 is 24.0 Å². The molecule has 1 amide bonds. The number of thiocarbonyl (C=S) groups is 1. The molecule has 2 saturated heterocycles. The van der Waals surface area contributed by atoms with Gasteiger partial charge in [-0.2, -0.15) is 0 Å². The average molecular weight is 450 g/mol. The average Bonchev–Trinajstić information content (AvgIpc) is 3.25. The van der Waals surface area contributed by atoms with E-state index in [4.69, 9.17) is 17.2 Å². The van der Waals surface area contributed by atoms with Gasteiger partial charge in [0.1, 0.15) is 10.1 Å². The summed E-state index contributed by atoms with van der Waals surface area (Å²) in [7, 11) is 2.17. The quantitative estimate of drug-likeness (QED) is 0.487. The molecule has 1 aromatic heterocycles. The van der Waals surface area contributed by atoms with Crippen LogP contribution < -0.4 is 10.2 Å². The van der Waals surface area contributed by atoms with Gasteiger partial charge in [0.25, 0.3) is 5.91 Å². The van der Waals surface area contributed by atoms with Gasteiger partial charge in [0.05, 0.1) is 15.9 Å². The number of hydrogen-bond donors (Lipinski definition) is 1. The fourth-order valence-corrected chi connectivity index (χ4v) is 5.12. The van der Waals surface area contributed by atoms with Crippen LogP contribution in [0.3, 0.4) is 0 Å². The van der Waals surface area contributed by atoms with E-state index in [1.54, 1.807) is 0 Å². The summed E-state index contributed by atoms with van der Waals surface area (Å²) in [6.45, 7) is 6.30. The fourth-order valence-electron chi connectivity index (χ4n) is 4.08. The number of anilines is 1. The molecule has 0 unspecified atom stereocenters. The Labute approximate surface area is 190 Å². The highest BCUT2D eigenvalue weighted by Crippen LogP contribution is 2.29. The first-order valence-electron chi connectivity index (χ1n) is 10.3. The number of thioether (sulfide) groups is 1. The summed E-state index contributed by atoms with van der Waals surface area (Å²) >= 11 is 6.38. The molecule has 158 valence electrons. The number of nitrogens with zero attached hydrogens (tertiary/aromatic N) is 4. The number of likely N-dealkylation sites (N-methyl/N-ethyl adjacent to an activating group) is 1. The maximum Gasteiger partial charge on any atom is 0.263 e. The number of carbonyl (C=O) groups excluding carboxylic acids is 1. The van der Waals surface area contributed by atoms with E-state index in [0.717, 1.165) is 54.3 Å². The Bertz CT molecular complexity index is 1210. The van der Waals surface area contributed by atoms with Gasteiger partial charge in [0, 0.05) is 37.6 Å². The predicted octanol–water partition coefficient (Wildman–Crippen LogP) is 3.57. The van der Waals surface area contributed by atoms with Gasteiger partial charge in [-0.3, -0.25) is 9.36 Å². The van der Waals surface area contributed by atoms with Crippen LogP contribution in [-0.4, -0.2) is 57.9 Å². The Morgan fingerprint density at radius 3 is 2.45 bits per heavy atom. The number of hydrogen-bond acceptors (Lipinski definition) is 6. The van der Waals surface area contributed by atoms with E-state index in [-0.39, 0.29) is 5.91 Å². The van der Waals surface area contributed by atoms with Crippen molar-refractivity contribution in [2.75, 3.05) is 38.1 Å². The van der Waals surface area contributed by atoms with Crippen molar-refractivity contribution in [3.8, 4) is 5.69 Å². The van der Waals surface area contributed by atoms with E-state index < -0.39 is 0 Å². The summed E-state index contributed by atoms with van der Waals surface area (Å²) in [5.41, 5.74) is 5.23. The lowest BCUT2D eigenvalue weighted by Crippen LogP contribution is -2.44. The number of nitrogens with one attached hydrogen (secondary N) is 1. The summed E-state index contributed by atoms with van der Waals surface area (Å²) in [4.78, 5) is 22.2. The van der Waals surface area contributed by atoms with E-state index >= 15 is 0 Å². The highest BCUT2D eigenvalue weighted by molar-refractivity contribution is 8.26. The number of amides is 1. The second-order valence-electron chi connectivity index (χ2n) is 7.90. The zero-order valence-electron chi connectivity index (χ0n) is 17.5. The molecule has 8 heteroatoms. The number of aromatic nitrogens is 2. The van der Waals surface area contributed by atoms with Gasteiger partial charge in [-0.25, -0.2) is 4.98 Å². The second-order valence-corrected chi connectivity index (χ2v) is 9.62. The molecule has 2 fully saturated rings. The fraction of sp³-hybridized carbons (Fsp3) is 0.261. The first-order chi connectivity index (χ1) is 15.0. The van der Waals surface area contributed by atoms with Gasteiger partial charge in [0.2, 0.25) is 0 Å². The number of rotatable bonds is 3. The van der Waals surface area contributed by atoms with Gasteiger partial charge in [-0.05, 0) is 62.0 Å². The second kappa shape index (κ2) is 8.11. The first-order valence-corrected chi connectivity index (χ1v) is 11.5. The van der Waals surface area contributed by atoms with Gasteiger partial charge in [-0.1, -0.05) is 30.0 Å². The molecule has 6 nitrogen and oxygen atoms in total. The van der Waals surface area contributed by atoms with Crippen LogP contribution in [0.5, 0.6) is 0 Å². The summed E-state index contributed by atoms with van der Waals surface area (Å²) in [5, 5.41) is 2.66. The van der Waals surface area contributed by atoms with Gasteiger partial charge in [-0.15, -0.1) is 0 Å². The Balaban J connectivity index is 1.48. The van der Waals surface area contributed by atoms with E-state index in [2.05, 4.69) is 57.1 Å². The number of benzene rings is 2. The molecule has 0 spiro atoms. The molecule has 31 heavy (non-hydrogen) atoms. The minimum atomic E-state index is -0.140. The molecule has 0 radical (unpaired) electrons. The Hall–Kier alpha value is -2.68. The molecule has 2 aliphatic heterocycles. The monoisotopic (exact) mass is 449 g/mol. The van der Waals surface area contributed by atoms with Crippen LogP contribution in [0.1, 0.15) is 11.4 Å². The molecule has 3 heterocycles. The molecule has 0 saturated carbocycles. The zero-order valence-corrected chi connectivity index (χ0v) is 19.1. The van der Waals surface area contributed by atoms with E-state index in [9.17, 15) is 4.79 Å². The maximum atomic E-state index is 12.0. The largest absolute Gasteiger partial charge is 0.369 e. The van der Waals surface area contributed by atoms with Gasteiger partial charge in [0.15, 0.2) is 0 Å². The Morgan fingerprint density at radius 2 is 1.77 bits per heavy atom. The lowest BCUT2D eigenvalue weighted by Gasteiger charge is -2.34. The molecule has 2 aliphatic rings. The SMILES string of the molecule is Cc1nc2ccc(/C=C3\SC(=S)NC3=O)cc2n1-c1ccc(N2CCN(C)CC2)cc1. The van der Waals surface area contributed by atoms with Crippen molar-refractivity contribution >= 4 is 57.0 Å². The molecule has 0 atom stereocenters. The van der Waals surface area contributed by atoms with Crippen molar-refractivity contribution in [1.82, 2.24) is 19.8 Å². The summed E-state index contributed by atoms with van der Waals surface area (Å²) in [6, 6.07) is 14.8. The van der Waals surface area contributed by atoms with E-state index in [1.165, 1.54) is 17.4 Å². The lowest BCUT2D eigenvalue weighted by atomic mass is 10.1. The zero-order chi connectivity index (χ0) is 21.5. The van der Waals surface area contributed by atoms with Crippen molar-refractivity contribution in [3.05, 3.63) is 58.8 Å². The standard InChI is InChI=1S/C23H23N5OS2/c1-15-24-19-8-3-16(14-21-22(29)25-23(30)31-21)13-20(19)28(15)18-6-4-17(5-7-18)27-11-9-26(2)10-12-27/h3-8,13-14H,9-12H2,1-2H3,(H,25,29,30)/b21-14-. The molecule has 2 aromatic carbocycles. The highest BCUT2D eigenvalue weighted by Gasteiger charge is 2.22. The van der Waals surface area contributed by atoms with Crippen LogP contribution in [0.25, 0.3) is 22.8 Å². The lowest BCUT2D eigenvalue weighted by molar-refractivity contribution is -0.115. The molecular weight excluding hydrogens is 426 g/mol. The molecule has 5 rings (SSSR count). The van der Waals surface area contributed by atoms with Gasteiger partial charge < -0.3 is 15.1 Å². The van der Waals surface area contributed by atoms with Crippen molar-refractivity contribution in [1.29, 1.82) is 0 Å². The summed E-state index contributed by atoms with van der Waals surface area (Å²) < 4.78 is 2.66. The van der Waals surface area contributed by atoms with Crippen LogP contribution in [-0.2, 0) is 4.79 Å². The van der Waals surface area contributed by atoms with Crippen molar-refractivity contribution < 1.29 is 4.79 Å². The van der Waals surface area contributed by atoms with Crippen molar-refractivity contribution in [2.24, 2.45) is 0 Å². The van der Waals surface area contributed by atoms with Gasteiger partial charge >= 0.3 is 0 Å². The van der Waals surface area contributed by atoms with E-state index in [0.29, 0.717) is 9.23 Å². The minimum absolute atomic E-state index is 0.140. The summed E-state index contributed by atoms with van der Waals surface area (Å²) in [5.74, 6) is 0.792. The van der Waals surface area contributed by atoms with Crippen LogP contribution in [0, 0.1) is 6.92 Å². The molecule has 0 aliphatic carbocycles. The van der Waals surface area contributed by atoms with Crippen molar-refractivity contribution in [3.63, 3.8) is 0 Å².